The average Bonchev–Trinajstić information content (AvgIpc) is 2.89. The Morgan fingerprint density at radius 1 is 1.43 bits per heavy atom. The molecular formula is C15H13ClN4O3. The zero-order valence-electron chi connectivity index (χ0n) is 12.4. The minimum Gasteiger partial charge on any atom is -0.464 e. The van der Waals surface area contributed by atoms with E-state index in [4.69, 9.17) is 27.3 Å². The molecule has 2 aromatic rings. The number of methoxy groups -OCH3 is 1. The van der Waals surface area contributed by atoms with E-state index >= 15 is 0 Å². The number of nitrogen functional groups attached to an aromatic ring is 1. The Hall–Kier alpha value is -2.98. The Bertz CT molecular complexity index is 836. The minimum atomic E-state index is -0.685. The summed E-state index contributed by atoms with van der Waals surface area (Å²) in [4.78, 5) is 23.6. The third kappa shape index (κ3) is 2.84. The number of aromatic nitrogens is 1. The van der Waals surface area contributed by atoms with Crippen molar-refractivity contribution in [3.05, 3.63) is 46.2 Å². The fourth-order valence-electron chi connectivity index (χ4n) is 2.09. The van der Waals surface area contributed by atoms with Gasteiger partial charge in [-0.15, -0.1) is 0 Å². The molecule has 0 radical (unpaired) electrons. The number of hydrogen-bond donors (Lipinski definition) is 2. The molecule has 23 heavy (non-hydrogen) atoms. The first kappa shape index (κ1) is 16.4. The summed E-state index contributed by atoms with van der Waals surface area (Å²) in [7, 11) is 2.71. The molecule has 0 atom stereocenters. The number of carbonyl (C=O) groups is 2. The van der Waals surface area contributed by atoms with Crippen LogP contribution in [-0.4, -0.2) is 30.6 Å². The highest BCUT2D eigenvalue weighted by atomic mass is 35.5. The first-order valence-corrected chi connectivity index (χ1v) is 6.83. The molecule has 0 aliphatic carbocycles. The van der Waals surface area contributed by atoms with Crippen molar-refractivity contribution in [2.75, 3.05) is 19.9 Å². The monoisotopic (exact) mass is 332 g/mol. The lowest BCUT2D eigenvalue weighted by Gasteiger charge is -2.10. The van der Waals surface area contributed by atoms with E-state index in [-0.39, 0.29) is 33.4 Å². The molecule has 0 spiro atoms. The predicted octanol–water partition coefficient (Wildman–Crippen LogP) is 1.73. The van der Waals surface area contributed by atoms with Crippen LogP contribution in [0, 0.1) is 11.3 Å². The average molecular weight is 333 g/mol. The maximum absolute atomic E-state index is 11.9. The quantitative estimate of drug-likeness (QED) is 0.832. The highest BCUT2D eigenvalue weighted by molar-refractivity contribution is 6.34. The fourth-order valence-corrected chi connectivity index (χ4v) is 2.35. The molecule has 0 bridgehead atoms. The summed E-state index contributed by atoms with van der Waals surface area (Å²) < 4.78 is 6.10. The van der Waals surface area contributed by atoms with Gasteiger partial charge in [0.15, 0.2) is 5.69 Å². The summed E-state index contributed by atoms with van der Waals surface area (Å²) in [5, 5.41) is 11.8. The molecule has 7 nitrogen and oxygen atoms in total. The molecule has 3 N–H and O–H groups in total. The number of esters is 1. The lowest BCUT2D eigenvalue weighted by molar-refractivity contribution is 0.0592. The maximum Gasteiger partial charge on any atom is 0.357 e. The number of nitrogens with one attached hydrogen (secondary N) is 1. The van der Waals surface area contributed by atoms with Gasteiger partial charge in [0.1, 0.15) is 6.07 Å². The van der Waals surface area contributed by atoms with Gasteiger partial charge in [0.2, 0.25) is 0 Å². The number of rotatable bonds is 3. The Labute approximate surface area is 137 Å². The molecule has 1 heterocycles. The fraction of sp³-hybridized carbons (Fsp3) is 0.133. The molecule has 0 unspecified atom stereocenters. The molecule has 0 aliphatic heterocycles. The molecule has 1 aromatic carbocycles. The maximum atomic E-state index is 11.9. The van der Waals surface area contributed by atoms with Crippen LogP contribution in [-0.2, 0) is 4.74 Å². The van der Waals surface area contributed by atoms with Gasteiger partial charge in [0.05, 0.1) is 28.9 Å². The summed E-state index contributed by atoms with van der Waals surface area (Å²) >= 11 is 6.11. The van der Waals surface area contributed by atoms with E-state index in [1.165, 1.54) is 37.1 Å². The van der Waals surface area contributed by atoms with Crippen LogP contribution in [0.3, 0.4) is 0 Å². The van der Waals surface area contributed by atoms with Gasteiger partial charge in [-0.2, -0.15) is 5.26 Å². The van der Waals surface area contributed by atoms with Crippen molar-refractivity contribution in [2.45, 2.75) is 0 Å². The van der Waals surface area contributed by atoms with Gasteiger partial charge in [0.25, 0.3) is 5.91 Å². The minimum absolute atomic E-state index is 0.0193. The van der Waals surface area contributed by atoms with Gasteiger partial charge in [-0.3, -0.25) is 4.79 Å². The number of anilines is 1. The van der Waals surface area contributed by atoms with Crippen LogP contribution >= 0.6 is 11.6 Å². The lowest BCUT2D eigenvalue weighted by Crippen LogP contribution is -2.18. The Balaban J connectivity index is 2.63. The highest BCUT2D eigenvalue weighted by Crippen LogP contribution is 2.27. The second-order valence-corrected chi connectivity index (χ2v) is 4.93. The normalized spacial score (nSPS) is 10.0. The van der Waals surface area contributed by atoms with Crippen molar-refractivity contribution < 1.29 is 14.3 Å². The first-order valence-electron chi connectivity index (χ1n) is 6.45. The van der Waals surface area contributed by atoms with Crippen LogP contribution < -0.4 is 11.1 Å². The molecular weight excluding hydrogens is 320 g/mol. The number of amides is 1. The summed E-state index contributed by atoms with van der Waals surface area (Å²) in [5.74, 6) is -1.02. The Morgan fingerprint density at radius 3 is 2.65 bits per heavy atom. The number of hydrogen-bond acceptors (Lipinski definition) is 5. The highest BCUT2D eigenvalue weighted by Gasteiger charge is 2.22. The largest absolute Gasteiger partial charge is 0.464 e. The third-order valence-electron chi connectivity index (χ3n) is 3.25. The van der Waals surface area contributed by atoms with E-state index in [9.17, 15) is 9.59 Å². The number of carbonyl (C=O) groups excluding carboxylic acids is 2. The van der Waals surface area contributed by atoms with Crippen molar-refractivity contribution in [1.82, 2.24) is 9.88 Å². The van der Waals surface area contributed by atoms with Crippen molar-refractivity contribution in [1.29, 1.82) is 5.26 Å². The van der Waals surface area contributed by atoms with E-state index in [1.807, 2.05) is 6.07 Å². The van der Waals surface area contributed by atoms with E-state index in [0.717, 1.165) is 0 Å². The van der Waals surface area contributed by atoms with Crippen LogP contribution in [0.1, 0.15) is 26.4 Å². The number of ether oxygens (including phenoxy) is 1. The number of nitriles is 1. The van der Waals surface area contributed by atoms with Crippen LogP contribution in [0.4, 0.5) is 5.69 Å². The molecule has 0 saturated carbocycles. The van der Waals surface area contributed by atoms with Crippen molar-refractivity contribution in [2.24, 2.45) is 0 Å². The standard InChI is InChI=1S/C15H13ClN4O3/c1-19-14(21)10-4-3-9(5-11(10)16)20-7-8(6-17)12(18)13(20)15(22)23-2/h3-5,7H,18H2,1-2H3,(H,19,21). The number of nitrogens with two attached hydrogens (primary N) is 1. The van der Waals surface area contributed by atoms with E-state index in [0.29, 0.717) is 5.69 Å². The summed E-state index contributed by atoms with van der Waals surface area (Å²) in [6.45, 7) is 0. The molecule has 0 saturated heterocycles. The molecule has 1 aromatic heterocycles. The summed E-state index contributed by atoms with van der Waals surface area (Å²) in [6.07, 6.45) is 1.41. The van der Waals surface area contributed by atoms with Crippen LogP contribution in [0.5, 0.6) is 0 Å². The van der Waals surface area contributed by atoms with E-state index < -0.39 is 5.97 Å². The lowest BCUT2D eigenvalue weighted by atomic mass is 10.2. The molecule has 2 rings (SSSR count). The number of nitrogens with zero attached hydrogens (tertiary/aromatic N) is 2. The smallest absolute Gasteiger partial charge is 0.357 e. The molecule has 8 heteroatoms. The van der Waals surface area contributed by atoms with Gasteiger partial charge in [0, 0.05) is 18.9 Å². The summed E-state index contributed by atoms with van der Waals surface area (Å²) in [5.41, 5.74) is 6.76. The zero-order chi connectivity index (χ0) is 17.1. The van der Waals surface area contributed by atoms with Crippen LogP contribution in [0.15, 0.2) is 24.4 Å². The molecule has 1 amide bonds. The van der Waals surface area contributed by atoms with E-state index in [2.05, 4.69) is 5.32 Å². The van der Waals surface area contributed by atoms with Crippen molar-refractivity contribution in [3.63, 3.8) is 0 Å². The Kier molecular flexibility index (Phi) is 4.57. The zero-order valence-corrected chi connectivity index (χ0v) is 13.1. The van der Waals surface area contributed by atoms with Gasteiger partial charge in [-0.05, 0) is 18.2 Å². The van der Waals surface area contributed by atoms with Gasteiger partial charge < -0.3 is 20.4 Å². The second-order valence-electron chi connectivity index (χ2n) is 4.52. The number of benzene rings is 1. The predicted molar refractivity (Wildman–Crippen MR) is 84.6 cm³/mol. The van der Waals surface area contributed by atoms with Gasteiger partial charge in [-0.25, -0.2) is 4.79 Å². The van der Waals surface area contributed by atoms with Crippen molar-refractivity contribution in [3.8, 4) is 11.8 Å². The van der Waals surface area contributed by atoms with Gasteiger partial charge >= 0.3 is 5.97 Å². The second kappa shape index (κ2) is 6.42. The van der Waals surface area contributed by atoms with Gasteiger partial charge in [-0.1, -0.05) is 11.6 Å². The van der Waals surface area contributed by atoms with Crippen LogP contribution in [0.25, 0.3) is 5.69 Å². The molecule has 118 valence electrons. The molecule has 0 fully saturated rings. The van der Waals surface area contributed by atoms with E-state index in [1.54, 1.807) is 6.07 Å². The van der Waals surface area contributed by atoms with Crippen LogP contribution in [0.2, 0.25) is 5.02 Å². The number of halogens is 1. The summed E-state index contributed by atoms with van der Waals surface area (Å²) in [6, 6.07) is 6.51. The first-order chi connectivity index (χ1) is 10.9. The molecule has 0 aliphatic rings. The van der Waals surface area contributed by atoms with Crippen molar-refractivity contribution >= 4 is 29.2 Å². The Morgan fingerprint density at radius 2 is 2.13 bits per heavy atom. The topological polar surface area (TPSA) is 110 Å². The third-order valence-corrected chi connectivity index (χ3v) is 3.56. The SMILES string of the molecule is CNC(=O)c1ccc(-n2cc(C#N)c(N)c2C(=O)OC)cc1Cl.